The summed E-state index contributed by atoms with van der Waals surface area (Å²) in [7, 11) is 0. The fourth-order valence-corrected chi connectivity index (χ4v) is 1.78. The zero-order valence-electron chi connectivity index (χ0n) is 9.00. The number of hydrogen-bond acceptors (Lipinski definition) is 2. The van der Waals surface area contributed by atoms with E-state index in [0.717, 1.165) is 31.1 Å². The van der Waals surface area contributed by atoms with Crippen LogP contribution in [-0.2, 0) is 16.9 Å². The van der Waals surface area contributed by atoms with Gasteiger partial charge in [0.15, 0.2) is 0 Å². The lowest BCUT2D eigenvalue weighted by Crippen LogP contribution is -2.27. The third kappa shape index (κ3) is 1.75. The highest BCUT2D eigenvalue weighted by molar-refractivity contribution is 5.78. The van der Waals surface area contributed by atoms with Crippen molar-refractivity contribution in [3.05, 3.63) is 29.3 Å². The number of benzene rings is 1. The first kappa shape index (κ1) is 10.9. The Hall–Kier alpha value is -1.58. The van der Waals surface area contributed by atoms with Crippen LogP contribution in [0, 0.1) is 0 Å². The second-order valence-electron chi connectivity index (χ2n) is 4.08. The van der Waals surface area contributed by atoms with Crippen molar-refractivity contribution in [3.63, 3.8) is 0 Å². The average Bonchev–Trinajstić information content (AvgIpc) is 2.28. The number of aryl methyl sites for hydroxylation is 1. The van der Waals surface area contributed by atoms with E-state index in [0.29, 0.717) is 6.61 Å². The van der Waals surface area contributed by atoms with Crippen LogP contribution in [0.15, 0.2) is 18.2 Å². The minimum absolute atomic E-state index is 0.171. The second-order valence-corrected chi connectivity index (χ2v) is 4.08. The largest absolute Gasteiger partial charge is 0.493 e. The van der Waals surface area contributed by atoms with Gasteiger partial charge in [0.25, 0.3) is 0 Å². The van der Waals surface area contributed by atoms with Gasteiger partial charge < -0.3 is 9.84 Å². The summed E-state index contributed by atoms with van der Waals surface area (Å²) in [6, 6.07) is 4.70. The molecule has 0 aliphatic carbocycles. The summed E-state index contributed by atoms with van der Waals surface area (Å²) in [5, 5.41) is 8.79. The van der Waals surface area contributed by atoms with Crippen molar-refractivity contribution in [2.24, 2.45) is 0 Å². The van der Waals surface area contributed by atoms with E-state index in [4.69, 9.17) is 9.84 Å². The van der Waals surface area contributed by atoms with E-state index in [-0.39, 0.29) is 5.56 Å². The Balaban J connectivity index is 2.40. The summed E-state index contributed by atoms with van der Waals surface area (Å²) < 4.78 is 19.3. The number of carboxylic acid groups (broad SMARTS) is 1. The van der Waals surface area contributed by atoms with Gasteiger partial charge in [-0.05, 0) is 37.5 Å². The lowest BCUT2D eigenvalue weighted by molar-refractivity contribution is -0.150. The molecule has 2 rings (SSSR count). The number of alkyl halides is 1. The Morgan fingerprint density at radius 3 is 3.00 bits per heavy atom. The predicted octanol–water partition coefficient (Wildman–Crippen LogP) is 2.28. The Morgan fingerprint density at radius 1 is 1.56 bits per heavy atom. The third-order valence-electron chi connectivity index (χ3n) is 2.85. The first-order valence-corrected chi connectivity index (χ1v) is 5.20. The van der Waals surface area contributed by atoms with Gasteiger partial charge in [-0.3, -0.25) is 0 Å². The molecular weight excluding hydrogens is 211 g/mol. The fourth-order valence-electron chi connectivity index (χ4n) is 1.78. The van der Waals surface area contributed by atoms with Crippen LogP contribution in [0.1, 0.15) is 24.5 Å². The standard InChI is InChI=1S/C12H13FO3/c1-12(13,11(14)15)9-4-5-10-8(7-9)3-2-6-16-10/h4-5,7H,2-3,6H2,1H3,(H,14,15). The third-order valence-corrected chi connectivity index (χ3v) is 2.85. The number of ether oxygens (including phenoxy) is 1. The molecule has 1 unspecified atom stereocenters. The summed E-state index contributed by atoms with van der Waals surface area (Å²) >= 11 is 0. The molecule has 16 heavy (non-hydrogen) atoms. The molecule has 0 radical (unpaired) electrons. The molecule has 0 aromatic heterocycles. The van der Waals surface area contributed by atoms with Crippen molar-refractivity contribution in [3.8, 4) is 5.75 Å². The minimum atomic E-state index is -2.34. The van der Waals surface area contributed by atoms with Gasteiger partial charge in [0.1, 0.15) is 5.75 Å². The van der Waals surface area contributed by atoms with Crippen molar-refractivity contribution in [1.29, 1.82) is 0 Å². The average molecular weight is 224 g/mol. The van der Waals surface area contributed by atoms with E-state index in [1.807, 2.05) is 0 Å². The molecular formula is C12H13FO3. The lowest BCUT2D eigenvalue weighted by atomic mass is 9.94. The highest BCUT2D eigenvalue weighted by atomic mass is 19.1. The van der Waals surface area contributed by atoms with Crippen molar-refractivity contribution in [2.75, 3.05) is 6.61 Å². The summed E-state index contributed by atoms with van der Waals surface area (Å²) in [4.78, 5) is 10.8. The molecule has 86 valence electrons. The minimum Gasteiger partial charge on any atom is -0.493 e. The Bertz CT molecular complexity index is 426. The first-order chi connectivity index (χ1) is 7.51. The molecule has 0 amide bonds. The van der Waals surface area contributed by atoms with E-state index in [2.05, 4.69) is 0 Å². The Labute approximate surface area is 92.9 Å². The SMILES string of the molecule is CC(F)(C(=O)O)c1ccc2c(c1)CCCO2. The zero-order chi connectivity index (χ0) is 11.8. The van der Waals surface area contributed by atoms with Crippen LogP contribution < -0.4 is 4.74 Å². The first-order valence-electron chi connectivity index (χ1n) is 5.20. The summed E-state index contributed by atoms with van der Waals surface area (Å²) in [5.41, 5.74) is -1.29. The molecule has 0 spiro atoms. The topological polar surface area (TPSA) is 46.5 Å². The molecule has 0 fully saturated rings. The lowest BCUT2D eigenvalue weighted by Gasteiger charge is -2.21. The maximum Gasteiger partial charge on any atom is 0.345 e. The number of fused-ring (bicyclic) bond motifs is 1. The molecule has 0 saturated carbocycles. The van der Waals surface area contributed by atoms with Gasteiger partial charge in [0, 0.05) is 5.56 Å². The molecule has 1 aliphatic rings. The van der Waals surface area contributed by atoms with Gasteiger partial charge in [0.2, 0.25) is 5.67 Å². The van der Waals surface area contributed by atoms with Gasteiger partial charge in [-0.15, -0.1) is 0 Å². The summed E-state index contributed by atoms with van der Waals surface area (Å²) in [6.45, 7) is 1.72. The van der Waals surface area contributed by atoms with Crippen LogP contribution in [0.25, 0.3) is 0 Å². The molecule has 1 aromatic carbocycles. The summed E-state index contributed by atoms with van der Waals surface area (Å²) in [6.07, 6.45) is 1.69. The zero-order valence-corrected chi connectivity index (χ0v) is 9.00. The molecule has 3 nitrogen and oxygen atoms in total. The van der Waals surface area contributed by atoms with Crippen molar-refractivity contribution in [1.82, 2.24) is 0 Å². The molecule has 4 heteroatoms. The van der Waals surface area contributed by atoms with E-state index in [1.165, 1.54) is 6.07 Å². The van der Waals surface area contributed by atoms with Crippen LogP contribution in [0.5, 0.6) is 5.75 Å². The number of halogens is 1. The quantitative estimate of drug-likeness (QED) is 0.838. The Kier molecular flexibility index (Phi) is 2.58. The molecule has 1 N–H and O–H groups in total. The van der Waals surface area contributed by atoms with Crippen LogP contribution in [-0.4, -0.2) is 17.7 Å². The highest BCUT2D eigenvalue weighted by Gasteiger charge is 2.35. The second kappa shape index (κ2) is 3.77. The number of carboxylic acids is 1. The number of carbonyl (C=O) groups is 1. The smallest absolute Gasteiger partial charge is 0.345 e. The van der Waals surface area contributed by atoms with E-state index in [1.54, 1.807) is 12.1 Å². The fraction of sp³-hybridized carbons (Fsp3) is 0.417. The maximum atomic E-state index is 13.9. The molecule has 1 atom stereocenters. The van der Waals surface area contributed by atoms with Crippen LogP contribution in [0.4, 0.5) is 4.39 Å². The number of aliphatic carboxylic acids is 1. The van der Waals surface area contributed by atoms with Gasteiger partial charge in [-0.2, -0.15) is 0 Å². The normalized spacial score (nSPS) is 18.1. The van der Waals surface area contributed by atoms with E-state index >= 15 is 0 Å². The van der Waals surface area contributed by atoms with E-state index in [9.17, 15) is 9.18 Å². The van der Waals surface area contributed by atoms with Crippen LogP contribution in [0.3, 0.4) is 0 Å². The molecule has 0 saturated heterocycles. The molecule has 1 heterocycles. The predicted molar refractivity (Wildman–Crippen MR) is 56.4 cm³/mol. The van der Waals surface area contributed by atoms with Crippen molar-refractivity contribution >= 4 is 5.97 Å². The van der Waals surface area contributed by atoms with Gasteiger partial charge in [-0.1, -0.05) is 6.07 Å². The summed E-state index contributed by atoms with van der Waals surface area (Å²) in [5.74, 6) is -0.736. The number of rotatable bonds is 2. The molecule has 0 bridgehead atoms. The van der Waals surface area contributed by atoms with Crippen molar-refractivity contribution in [2.45, 2.75) is 25.4 Å². The maximum absolute atomic E-state index is 13.9. The van der Waals surface area contributed by atoms with E-state index < -0.39 is 11.6 Å². The van der Waals surface area contributed by atoms with Gasteiger partial charge in [0.05, 0.1) is 6.61 Å². The molecule has 1 aliphatic heterocycles. The monoisotopic (exact) mass is 224 g/mol. The van der Waals surface area contributed by atoms with Gasteiger partial charge in [-0.25, -0.2) is 9.18 Å². The van der Waals surface area contributed by atoms with Gasteiger partial charge >= 0.3 is 5.97 Å². The molecule has 1 aromatic rings. The number of hydrogen-bond donors (Lipinski definition) is 1. The highest BCUT2D eigenvalue weighted by Crippen LogP contribution is 2.32. The van der Waals surface area contributed by atoms with Crippen molar-refractivity contribution < 1.29 is 19.0 Å². The van der Waals surface area contributed by atoms with Crippen LogP contribution >= 0.6 is 0 Å². The Morgan fingerprint density at radius 2 is 2.31 bits per heavy atom. The van der Waals surface area contributed by atoms with Crippen LogP contribution in [0.2, 0.25) is 0 Å².